The van der Waals surface area contributed by atoms with Gasteiger partial charge in [-0.25, -0.2) is 8.42 Å². The van der Waals surface area contributed by atoms with Gasteiger partial charge in [0.05, 0.1) is 10.9 Å². The lowest BCUT2D eigenvalue weighted by Crippen LogP contribution is -2.41. The first kappa shape index (κ1) is 19.1. The molecule has 2 aromatic rings. The molecular formula is C19H24N2O3S. The van der Waals surface area contributed by atoms with Crippen LogP contribution in [0, 0.1) is 0 Å². The van der Waals surface area contributed by atoms with Crippen molar-refractivity contribution >= 4 is 21.6 Å². The van der Waals surface area contributed by atoms with Gasteiger partial charge in [0.25, 0.3) is 0 Å². The number of anilines is 1. The fraction of sp³-hybridized carbons (Fsp3) is 0.316. The molecule has 0 aliphatic carbocycles. The molecule has 0 fully saturated rings. The van der Waals surface area contributed by atoms with E-state index in [1.807, 2.05) is 32.0 Å². The lowest BCUT2D eigenvalue weighted by molar-refractivity contribution is -0.117. The monoisotopic (exact) mass is 360 g/mol. The third-order valence-corrected chi connectivity index (χ3v) is 5.58. The third kappa shape index (κ3) is 4.67. The summed E-state index contributed by atoms with van der Waals surface area (Å²) < 4.78 is 27.1. The summed E-state index contributed by atoms with van der Waals surface area (Å²) in [6.45, 7) is 5.58. The van der Waals surface area contributed by atoms with E-state index in [1.54, 1.807) is 18.2 Å². The molecule has 0 spiro atoms. The van der Waals surface area contributed by atoms with E-state index in [2.05, 4.69) is 10.0 Å². The lowest BCUT2D eigenvalue weighted by atomic mass is 10.0. The van der Waals surface area contributed by atoms with Crippen LogP contribution in [0.3, 0.4) is 0 Å². The highest BCUT2D eigenvalue weighted by Crippen LogP contribution is 2.23. The van der Waals surface area contributed by atoms with Crippen LogP contribution in [0.2, 0.25) is 0 Å². The maximum atomic E-state index is 12.5. The van der Waals surface area contributed by atoms with Crippen molar-refractivity contribution in [2.75, 3.05) is 5.32 Å². The van der Waals surface area contributed by atoms with Crippen molar-refractivity contribution < 1.29 is 13.2 Å². The average Bonchev–Trinajstić information content (AvgIpc) is 2.62. The Labute approximate surface area is 149 Å². The molecule has 2 N–H and O–H groups in total. The zero-order chi connectivity index (χ0) is 18.4. The summed E-state index contributed by atoms with van der Waals surface area (Å²) in [6, 6.07) is 13.0. The quantitative estimate of drug-likeness (QED) is 0.797. The normalized spacial score (nSPS) is 12.6. The van der Waals surface area contributed by atoms with Crippen LogP contribution in [0.4, 0.5) is 5.69 Å². The van der Waals surface area contributed by atoms with Gasteiger partial charge < -0.3 is 5.32 Å². The van der Waals surface area contributed by atoms with Gasteiger partial charge in [-0.15, -0.1) is 0 Å². The van der Waals surface area contributed by atoms with Crippen LogP contribution < -0.4 is 10.0 Å². The zero-order valence-corrected chi connectivity index (χ0v) is 15.6. The molecule has 134 valence electrons. The van der Waals surface area contributed by atoms with Gasteiger partial charge in [-0.3, -0.25) is 4.79 Å². The molecule has 0 aromatic heterocycles. The van der Waals surface area contributed by atoms with Crippen molar-refractivity contribution in [2.24, 2.45) is 0 Å². The maximum absolute atomic E-state index is 12.5. The van der Waals surface area contributed by atoms with E-state index in [0.717, 1.165) is 29.7 Å². The highest BCUT2D eigenvalue weighted by molar-refractivity contribution is 7.89. The van der Waals surface area contributed by atoms with Gasteiger partial charge in [0.15, 0.2) is 0 Å². The Bertz CT molecular complexity index is 811. The molecule has 0 aliphatic rings. The second-order valence-electron chi connectivity index (χ2n) is 5.80. The van der Waals surface area contributed by atoms with Gasteiger partial charge in [0, 0.05) is 5.69 Å². The summed E-state index contributed by atoms with van der Waals surface area (Å²) in [4.78, 5) is 12.7. The van der Waals surface area contributed by atoms with Crippen LogP contribution in [-0.2, 0) is 27.7 Å². The molecule has 1 unspecified atom stereocenters. The van der Waals surface area contributed by atoms with E-state index in [9.17, 15) is 13.2 Å². The Morgan fingerprint density at radius 2 is 1.52 bits per heavy atom. The number of nitrogens with one attached hydrogen (secondary N) is 2. The van der Waals surface area contributed by atoms with Crippen molar-refractivity contribution in [3.63, 3.8) is 0 Å². The van der Waals surface area contributed by atoms with E-state index < -0.39 is 16.1 Å². The molecule has 1 atom stereocenters. The number of aryl methyl sites for hydroxylation is 2. The molecule has 5 nitrogen and oxygen atoms in total. The lowest BCUT2D eigenvalue weighted by Gasteiger charge is -2.18. The Balaban J connectivity index is 2.17. The first-order chi connectivity index (χ1) is 11.9. The Kier molecular flexibility index (Phi) is 6.33. The molecular weight excluding hydrogens is 336 g/mol. The first-order valence-corrected chi connectivity index (χ1v) is 9.86. The number of para-hydroxylation sites is 1. The number of benzene rings is 2. The summed E-state index contributed by atoms with van der Waals surface area (Å²) in [6.07, 6.45) is 1.57. The van der Waals surface area contributed by atoms with E-state index in [-0.39, 0.29) is 10.8 Å². The van der Waals surface area contributed by atoms with E-state index in [1.165, 1.54) is 19.1 Å². The Morgan fingerprint density at radius 1 is 0.960 bits per heavy atom. The third-order valence-electron chi connectivity index (χ3n) is 4.03. The topological polar surface area (TPSA) is 75.3 Å². The van der Waals surface area contributed by atoms with Gasteiger partial charge in [-0.05, 0) is 43.0 Å². The fourth-order valence-corrected chi connectivity index (χ4v) is 3.81. The SMILES string of the molecule is CCc1cccc(CC)c1NC(=O)C(C)NS(=O)(=O)c1ccccc1. The molecule has 0 aliphatic heterocycles. The summed E-state index contributed by atoms with van der Waals surface area (Å²) >= 11 is 0. The summed E-state index contributed by atoms with van der Waals surface area (Å²) in [5.41, 5.74) is 2.85. The minimum Gasteiger partial charge on any atom is -0.324 e. The van der Waals surface area contributed by atoms with Crippen LogP contribution >= 0.6 is 0 Å². The number of hydrogen-bond donors (Lipinski definition) is 2. The van der Waals surface area contributed by atoms with Crippen molar-refractivity contribution in [3.8, 4) is 0 Å². The van der Waals surface area contributed by atoms with Gasteiger partial charge in [-0.2, -0.15) is 4.72 Å². The fourth-order valence-electron chi connectivity index (χ4n) is 2.59. The predicted molar refractivity (Wildman–Crippen MR) is 100 cm³/mol. The van der Waals surface area contributed by atoms with Crippen molar-refractivity contribution in [2.45, 2.75) is 44.6 Å². The molecule has 0 bridgehead atoms. The number of amides is 1. The molecule has 6 heteroatoms. The van der Waals surface area contributed by atoms with Crippen molar-refractivity contribution in [1.82, 2.24) is 4.72 Å². The van der Waals surface area contributed by atoms with Crippen LogP contribution in [-0.4, -0.2) is 20.4 Å². The van der Waals surface area contributed by atoms with Crippen LogP contribution in [0.5, 0.6) is 0 Å². The summed E-state index contributed by atoms with van der Waals surface area (Å²) in [7, 11) is -3.74. The van der Waals surface area contributed by atoms with E-state index in [0.29, 0.717) is 0 Å². The smallest absolute Gasteiger partial charge is 0.242 e. The maximum Gasteiger partial charge on any atom is 0.242 e. The summed E-state index contributed by atoms with van der Waals surface area (Å²) in [5, 5.41) is 2.89. The van der Waals surface area contributed by atoms with Gasteiger partial charge in [-0.1, -0.05) is 50.2 Å². The molecule has 2 rings (SSSR count). The van der Waals surface area contributed by atoms with Crippen molar-refractivity contribution in [3.05, 3.63) is 59.7 Å². The Morgan fingerprint density at radius 3 is 2.04 bits per heavy atom. The largest absolute Gasteiger partial charge is 0.324 e. The van der Waals surface area contributed by atoms with Crippen LogP contribution in [0.1, 0.15) is 31.9 Å². The molecule has 1 amide bonds. The van der Waals surface area contributed by atoms with Gasteiger partial charge >= 0.3 is 0 Å². The van der Waals surface area contributed by atoms with Crippen molar-refractivity contribution in [1.29, 1.82) is 0 Å². The molecule has 0 heterocycles. The standard InChI is InChI=1S/C19H24N2O3S/c1-4-15-10-9-11-16(5-2)18(15)20-19(22)14(3)21-25(23,24)17-12-7-6-8-13-17/h6-14,21H,4-5H2,1-3H3,(H,20,22). The van der Waals surface area contributed by atoms with E-state index in [4.69, 9.17) is 0 Å². The molecule has 2 aromatic carbocycles. The zero-order valence-electron chi connectivity index (χ0n) is 14.7. The molecule has 0 saturated carbocycles. The number of rotatable bonds is 7. The number of carbonyl (C=O) groups excluding carboxylic acids is 1. The molecule has 0 radical (unpaired) electrons. The van der Waals surface area contributed by atoms with Gasteiger partial charge in [0.2, 0.25) is 15.9 Å². The Hall–Kier alpha value is -2.18. The summed E-state index contributed by atoms with van der Waals surface area (Å²) in [5.74, 6) is -0.380. The molecule has 0 saturated heterocycles. The molecule has 25 heavy (non-hydrogen) atoms. The van der Waals surface area contributed by atoms with Gasteiger partial charge in [0.1, 0.15) is 0 Å². The average molecular weight is 360 g/mol. The minimum atomic E-state index is -3.74. The number of hydrogen-bond acceptors (Lipinski definition) is 3. The predicted octanol–water partition coefficient (Wildman–Crippen LogP) is 3.12. The second-order valence-corrected chi connectivity index (χ2v) is 7.52. The highest BCUT2D eigenvalue weighted by Gasteiger charge is 2.22. The van der Waals surface area contributed by atoms with Crippen LogP contribution in [0.15, 0.2) is 53.4 Å². The minimum absolute atomic E-state index is 0.137. The first-order valence-electron chi connectivity index (χ1n) is 8.38. The second kappa shape index (κ2) is 8.27. The highest BCUT2D eigenvalue weighted by atomic mass is 32.2. The van der Waals surface area contributed by atoms with Crippen LogP contribution in [0.25, 0.3) is 0 Å². The number of carbonyl (C=O) groups is 1. The van der Waals surface area contributed by atoms with E-state index >= 15 is 0 Å². The number of sulfonamides is 1.